The number of halogens is 1. The largest absolute Gasteiger partial charge is 0.497 e. The first-order valence-corrected chi connectivity index (χ1v) is 5.59. The summed E-state index contributed by atoms with van der Waals surface area (Å²) in [5.41, 5.74) is 5.91. The normalized spacial score (nSPS) is 10.1. The van der Waals surface area contributed by atoms with Gasteiger partial charge in [0.25, 0.3) is 0 Å². The second kappa shape index (κ2) is 5.48. The summed E-state index contributed by atoms with van der Waals surface area (Å²) in [5.74, 6) is 1.07. The molecule has 0 radical (unpaired) electrons. The molecule has 0 aliphatic rings. The number of hydrogen-bond acceptors (Lipinski definition) is 4. The van der Waals surface area contributed by atoms with E-state index in [1.165, 1.54) is 13.2 Å². The van der Waals surface area contributed by atoms with Crippen LogP contribution in [0.15, 0.2) is 36.4 Å². The second-order valence-corrected chi connectivity index (χ2v) is 3.81. The van der Waals surface area contributed by atoms with Crippen LogP contribution >= 0.6 is 0 Å². The van der Waals surface area contributed by atoms with E-state index in [1.807, 2.05) is 0 Å². The molecule has 0 saturated heterocycles. The van der Waals surface area contributed by atoms with Crippen LogP contribution in [0.4, 0.5) is 10.1 Å². The molecule has 0 atom stereocenters. The summed E-state index contributed by atoms with van der Waals surface area (Å²) < 4.78 is 29.0. The smallest absolute Gasteiger partial charge is 0.167 e. The van der Waals surface area contributed by atoms with Gasteiger partial charge in [0.15, 0.2) is 17.3 Å². The standard InChI is InChI=1S/C14H14FNO3/c1-17-9-4-3-5-10(6-9)19-14-8-13(18-2)11(15)7-12(14)16/h3-8H,16H2,1-2H3. The topological polar surface area (TPSA) is 53.7 Å². The van der Waals surface area contributed by atoms with Crippen molar-refractivity contribution in [3.8, 4) is 23.0 Å². The molecule has 0 aliphatic carbocycles. The van der Waals surface area contributed by atoms with E-state index >= 15 is 0 Å². The molecule has 4 nitrogen and oxygen atoms in total. The van der Waals surface area contributed by atoms with Crippen molar-refractivity contribution < 1.29 is 18.6 Å². The van der Waals surface area contributed by atoms with Gasteiger partial charge in [-0.3, -0.25) is 0 Å². The van der Waals surface area contributed by atoms with Crippen LogP contribution in [-0.2, 0) is 0 Å². The third kappa shape index (κ3) is 2.88. The van der Waals surface area contributed by atoms with E-state index in [4.69, 9.17) is 19.9 Å². The molecule has 0 heterocycles. The molecule has 0 amide bonds. The lowest BCUT2D eigenvalue weighted by Crippen LogP contribution is -1.96. The molecule has 2 rings (SSSR count). The van der Waals surface area contributed by atoms with Crippen LogP contribution in [0.5, 0.6) is 23.0 Å². The molecule has 0 unspecified atom stereocenters. The van der Waals surface area contributed by atoms with E-state index in [2.05, 4.69) is 0 Å². The number of anilines is 1. The highest BCUT2D eigenvalue weighted by atomic mass is 19.1. The number of nitrogens with two attached hydrogens (primary N) is 1. The Labute approximate surface area is 110 Å². The van der Waals surface area contributed by atoms with E-state index in [-0.39, 0.29) is 11.4 Å². The van der Waals surface area contributed by atoms with E-state index in [0.717, 1.165) is 6.07 Å². The lowest BCUT2D eigenvalue weighted by Gasteiger charge is -2.11. The number of rotatable bonds is 4. The maximum Gasteiger partial charge on any atom is 0.167 e. The maximum absolute atomic E-state index is 13.4. The van der Waals surface area contributed by atoms with Gasteiger partial charge in [0.1, 0.15) is 11.5 Å². The summed E-state index contributed by atoms with van der Waals surface area (Å²) in [6, 6.07) is 9.60. The molecule has 2 aromatic rings. The first-order valence-electron chi connectivity index (χ1n) is 5.59. The highest BCUT2D eigenvalue weighted by molar-refractivity contribution is 5.57. The van der Waals surface area contributed by atoms with Gasteiger partial charge in [-0.15, -0.1) is 0 Å². The summed E-state index contributed by atoms with van der Waals surface area (Å²) in [6.45, 7) is 0. The number of methoxy groups -OCH3 is 2. The van der Waals surface area contributed by atoms with E-state index in [1.54, 1.807) is 31.4 Å². The van der Waals surface area contributed by atoms with Crippen molar-refractivity contribution in [3.63, 3.8) is 0 Å². The summed E-state index contributed by atoms with van der Waals surface area (Å²) in [5, 5.41) is 0. The Balaban J connectivity index is 2.32. The van der Waals surface area contributed by atoms with Crippen LogP contribution in [0, 0.1) is 5.82 Å². The average Bonchev–Trinajstić information content (AvgIpc) is 2.42. The van der Waals surface area contributed by atoms with Crippen molar-refractivity contribution in [1.29, 1.82) is 0 Å². The Kier molecular flexibility index (Phi) is 3.75. The zero-order valence-corrected chi connectivity index (χ0v) is 10.6. The lowest BCUT2D eigenvalue weighted by atomic mass is 10.2. The summed E-state index contributed by atoms with van der Waals surface area (Å²) in [4.78, 5) is 0. The molecule has 0 saturated carbocycles. The third-order valence-corrected chi connectivity index (χ3v) is 2.55. The van der Waals surface area contributed by atoms with Gasteiger partial charge in [-0.25, -0.2) is 4.39 Å². The Morgan fingerprint density at radius 3 is 2.37 bits per heavy atom. The Morgan fingerprint density at radius 1 is 0.947 bits per heavy atom. The minimum Gasteiger partial charge on any atom is -0.497 e. The van der Waals surface area contributed by atoms with Gasteiger partial charge >= 0.3 is 0 Å². The van der Waals surface area contributed by atoms with Gasteiger partial charge in [0.05, 0.1) is 19.9 Å². The maximum atomic E-state index is 13.4. The van der Waals surface area contributed by atoms with Gasteiger partial charge in [0, 0.05) is 18.2 Å². The monoisotopic (exact) mass is 263 g/mol. The van der Waals surface area contributed by atoms with Crippen LogP contribution in [0.2, 0.25) is 0 Å². The van der Waals surface area contributed by atoms with Crippen molar-refractivity contribution in [2.45, 2.75) is 0 Å². The van der Waals surface area contributed by atoms with Gasteiger partial charge < -0.3 is 19.9 Å². The molecule has 0 aliphatic heterocycles. The highest BCUT2D eigenvalue weighted by Crippen LogP contribution is 2.34. The van der Waals surface area contributed by atoms with Crippen LogP contribution in [0.25, 0.3) is 0 Å². The molecule has 2 aromatic carbocycles. The van der Waals surface area contributed by atoms with Crippen LogP contribution < -0.4 is 19.9 Å². The Hall–Kier alpha value is -2.43. The van der Waals surface area contributed by atoms with Gasteiger partial charge in [-0.1, -0.05) is 6.07 Å². The molecule has 0 bridgehead atoms. The number of benzene rings is 2. The predicted molar refractivity (Wildman–Crippen MR) is 70.4 cm³/mol. The molecule has 19 heavy (non-hydrogen) atoms. The minimum atomic E-state index is -0.530. The molecular formula is C14H14FNO3. The van der Waals surface area contributed by atoms with Crippen molar-refractivity contribution in [2.24, 2.45) is 0 Å². The third-order valence-electron chi connectivity index (χ3n) is 2.55. The van der Waals surface area contributed by atoms with E-state index in [9.17, 15) is 4.39 Å². The predicted octanol–water partition coefficient (Wildman–Crippen LogP) is 3.22. The SMILES string of the molecule is COc1cccc(Oc2cc(OC)c(F)cc2N)c1. The van der Waals surface area contributed by atoms with Gasteiger partial charge in [-0.2, -0.15) is 0 Å². The van der Waals surface area contributed by atoms with Crippen molar-refractivity contribution >= 4 is 5.69 Å². The lowest BCUT2D eigenvalue weighted by molar-refractivity contribution is 0.381. The minimum absolute atomic E-state index is 0.0760. The van der Waals surface area contributed by atoms with Gasteiger partial charge in [-0.05, 0) is 12.1 Å². The van der Waals surface area contributed by atoms with Crippen LogP contribution in [-0.4, -0.2) is 14.2 Å². The molecule has 0 aromatic heterocycles. The molecule has 0 fully saturated rings. The number of hydrogen-bond donors (Lipinski definition) is 1. The van der Waals surface area contributed by atoms with E-state index in [0.29, 0.717) is 17.2 Å². The first-order chi connectivity index (χ1) is 9.13. The van der Waals surface area contributed by atoms with Crippen molar-refractivity contribution in [3.05, 3.63) is 42.2 Å². The molecule has 5 heteroatoms. The van der Waals surface area contributed by atoms with Crippen LogP contribution in [0.1, 0.15) is 0 Å². The summed E-state index contributed by atoms with van der Waals surface area (Å²) in [7, 11) is 2.94. The zero-order chi connectivity index (χ0) is 13.8. The molecule has 0 spiro atoms. The molecule has 100 valence electrons. The molecule has 2 N–H and O–H groups in total. The fourth-order valence-corrected chi connectivity index (χ4v) is 1.59. The fraction of sp³-hybridized carbons (Fsp3) is 0.143. The van der Waals surface area contributed by atoms with Gasteiger partial charge in [0.2, 0.25) is 0 Å². The quantitative estimate of drug-likeness (QED) is 0.860. The first kappa shape index (κ1) is 13.0. The van der Waals surface area contributed by atoms with Crippen molar-refractivity contribution in [2.75, 3.05) is 20.0 Å². The second-order valence-electron chi connectivity index (χ2n) is 3.81. The fourth-order valence-electron chi connectivity index (χ4n) is 1.59. The Bertz CT molecular complexity index is 587. The number of nitrogen functional groups attached to an aromatic ring is 1. The molecular weight excluding hydrogens is 249 g/mol. The van der Waals surface area contributed by atoms with Crippen molar-refractivity contribution in [1.82, 2.24) is 0 Å². The average molecular weight is 263 g/mol. The summed E-state index contributed by atoms with van der Waals surface area (Å²) in [6.07, 6.45) is 0. The zero-order valence-electron chi connectivity index (χ0n) is 10.6. The summed E-state index contributed by atoms with van der Waals surface area (Å²) >= 11 is 0. The van der Waals surface area contributed by atoms with E-state index < -0.39 is 5.82 Å². The number of ether oxygens (including phenoxy) is 3. The highest BCUT2D eigenvalue weighted by Gasteiger charge is 2.10. The van der Waals surface area contributed by atoms with Crippen LogP contribution in [0.3, 0.4) is 0 Å². The Morgan fingerprint density at radius 2 is 1.68 bits per heavy atom.